The molecule has 1 aliphatic carbocycles. The van der Waals surface area contributed by atoms with Crippen molar-refractivity contribution in [1.82, 2.24) is 15.1 Å². The first-order valence-electron chi connectivity index (χ1n) is 11.0. The predicted molar refractivity (Wildman–Crippen MR) is 130 cm³/mol. The summed E-state index contributed by atoms with van der Waals surface area (Å²) in [6.07, 6.45) is 5.58. The standard InChI is InChI=1S/C23H34N4O2.HI/c1-26(2)22(28)14-24-23(27-11-9-19(15-27)20-10-12-29-16-20)25-21-8-7-17-5-3-4-6-18(17)13-21;/h3-6,19-21H,7-16H2,1-2H3,(H,24,25);1H. The number of carbonyl (C=O) groups excluding carboxylic acids is 1. The van der Waals surface area contributed by atoms with E-state index in [4.69, 9.17) is 9.73 Å². The smallest absolute Gasteiger partial charge is 0.243 e. The van der Waals surface area contributed by atoms with Crippen LogP contribution in [0, 0.1) is 11.8 Å². The van der Waals surface area contributed by atoms with E-state index in [2.05, 4.69) is 34.5 Å². The van der Waals surface area contributed by atoms with Crippen LogP contribution in [0.3, 0.4) is 0 Å². The molecule has 0 spiro atoms. The highest BCUT2D eigenvalue weighted by molar-refractivity contribution is 14.0. The van der Waals surface area contributed by atoms with Crippen LogP contribution in [0.5, 0.6) is 0 Å². The maximum Gasteiger partial charge on any atom is 0.243 e. The average molecular weight is 526 g/mol. The maximum atomic E-state index is 12.1. The highest BCUT2D eigenvalue weighted by atomic mass is 127. The second-order valence-electron chi connectivity index (χ2n) is 8.90. The third kappa shape index (κ3) is 5.66. The fourth-order valence-electron chi connectivity index (χ4n) is 4.81. The summed E-state index contributed by atoms with van der Waals surface area (Å²) in [4.78, 5) is 20.9. The summed E-state index contributed by atoms with van der Waals surface area (Å²) < 4.78 is 5.61. The number of carbonyl (C=O) groups is 1. The Morgan fingerprint density at radius 3 is 2.73 bits per heavy atom. The van der Waals surface area contributed by atoms with E-state index in [9.17, 15) is 4.79 Å². The van der Waals surface area contributed by atoms with Gasteiger partial charge < -0.3 is 19.9 Å². The Hall–Kier alpha value is -1.35. The van der Waals surface area contributed by atoms with Crippen molar-refractivity contribution in [2.24, 2.45) is 16.8 Å². The van der Waals surface area contributed by atoms with Crippen molar-refractivity contribution in [2.45, 2.75) is 38.1 Å². The molecule has 1 aromatic carbocycles. The van der Waals surface area contributed by atoms with E-state index in [0.29, 0.717) is 17.9 Å². The zero-order valence-corrected chi connectivity index (χ0v) is 20.5. The van der Waals surface area contributed by atoms with Crippen molar-refractivity contribution in [2.75, 3.05) is 46.9 Å². The van der Waals surface area contributed by atoms with Crippen LogP contribution in [-0.4, -0.2) is 74.7 Å². The maximum absolute atomic E-state index is 12.1. The fourth-order valence-corrected chi connectivity index (χ4v) is 4.81. The lowest BCUT2D eigenvalue weighted by molar-refractivity contribution is -0.127. The molecule has 4 rings (SSSR count). The van der Waals surface area contributed by atoms with Crippen LogP contribution in [-0.2, 0) is 22.4 Å². The number of guanidine groups is 1. The van der Waals surface area contributed by atoms with Crippen molar-refractivity contribution in [3.05, 3.63) is 35.4 Å². The molecule has 2 fully saturated rings. The third-order valence-corrected chi connectivity index (χ3v) is 6.70. The molecule has 0 radical (unpaired) electrons. The van der Waals surface area contributed by atoms with Crippen LogP contribution >= 0.6 is 24.0 Å². The van der Waals surface area contributed by atoms with Crippen molar-refractivity contribution in [3.8, 4) is 0 Å². The zero-order valence-electron chi connectivity index (χ0n) is 18.2. The number of hydrogen-bond donors (Lipinski definition) is 1. The lowest BCUT2D eigenvalue weighted by Crippen LogP contribution is -2.47. The van der Waals surface area contributed by atoms with Gasteiger partial charge in [0.05, 0.1) is 0 Å². The normalized spacial score (nSPS) is 26.1. The summed E-state index contributed by atoms with van der Waals surface area (Å²) in [7, 11) is 3.57. The van der Waals surface area contributed by atoms with E-state index in [1.54, 1.807) is 19.0 Å². The van der Waals surface area contributed by atoms with Crippen LogP contribution in [0.4, 0.5) is 0 Å². The van der Waals surface area contributed by atoms with Gasteiger partial charge in [-0.25, -0.2) is 4.99 Å². The number of aliphatic imine (C=N–C) groups is 1. The molecule has 7 heteroatoms. The molecule has 30 heavy (non-hydrogen) atoms. The summed E-state index contributed by atoms with van der Waals surface area (Å²) >= 11 is 0. The van der Waals surface area contributed by atoms with Crippen LogP contribution in [0.1, 0.15) is 30.4 Å². The van der Waals surface area contributed by atoms with Gasteiger partial charge >= 0.3 is 0 Å². The highest BCUT2D eigenvalue weighted by Gasteiger charge is 2.34. The number of nitrogens with one attached hydrogen (secondary N) is 1. The number of amides is 1. The lowest BCUT2D eigenvalue weighted by atomic mass is 9.88. The predicted octanol–water partition coefficient (Wildman–Crippen LogP) is 2.55. The number of likely N-dealkylation sites (tertiary alicyclic amines) is 1. The number of fused-ring (bicyclic) bond motifs is 1. The Kier molecular flexibility index (Phi) is 8.39. The minimum Gasteiger partial charge on any atom is -0.381 e. The Morgan fingerprint density at radius 1 is 1.20 bits per heavy atom. The molecular formula is C23H35IN4O2. The van der Waals surface area contributed by atoms with Gasteiger partial charge in [0.2, 0.25) is 5.91 Å². The molecule has 1 N–H and O–H groups in total. The molecule has 1 aromatic rings. The first kappa shape index (κ1) is 23.3. The van der Waals surface area contributed by atoms with Gasteiger partial charge in [-0.1, -0.05) is 24.3 Å². The molecule has 0 saturated carbocycles. The molecule has 3 aliphatic rings. The minimum atomic E-state index is 0. The second-order valence-corrected chi connectivity index (χ2v) is 8.90. The lowest BCUT2D eigenvalue weighted by Gasteiger charge is -2.30. The van der Waals surface area contributed by atoms with Crippen LogP contribution < -0.4 is 5.32 Å². The van der Waals surface area contributed by atoms with Crippen LogP contribution in [0.25, 0.3) is 0 Å². The van der Waals surface area contributed by atoms with E-state index in [0.717, 1.165) is 51.5 Å². The van der Waals surface area contributed by atoms with E-state index in [1.165, 1.54) is 24.0 Å². The number of nitrogens with zero attached hydrogens (tertiary/aromatic N) is 3. The van der Waals surface area contributed by atoms with Gasteiger partial charge in [-0.15, -0.1) is 24.0 Å². The zero-order chi connectivity index (χ0) is 20.2. The van der Waals surface area contributed by atoms with Gasteiger partial charge in [0.15, 0.2) is 5.96 Å². The van der Waals surface area contributed by atoms with E-state index < -0.39 is 0 Å². The molecular weight excluding hydrogens is 491 g/mol. The van der Waals surface area contributed by atoms with Crippen molar-refractivity contribution >= 4 is 35.8 Å². The summed E-state index contributed by atoms with van der Waals surface area (Å²) in [6, 6.07) is 9.10. The summed E-state index contributed by atoms with van der Waals surface area (Å²) in [6.45, 7) is 4.02. The van der Waals surface area contributed by atoms with E-state index in [-0.39, 0.29) is 36.4 Å². The number of ether oxygens (including phenoxy) is 1. The molecule has 6 nitrogen and oxygen atoms in total. The molecule has 166 valence electrons. The number of aryl methyl sites for hydroxylation is 1. The van der Waals surface area contributed by atoms with Gasteiger partial charge in [-0.3, -0.25) is 4.79 Å². The van der Waals surface area contributed by atoms with Crippen LogP contribution in [0.15, 0.2) is 29.3 Å². The largest absolute Gasteiger partial charge is 0.381 e. The molecule has 0 aromatic heterocycles. The van der Waals surface area contributed by atoms with Gasteiger partial charge in [0.25, 0.3) is 0 Å². The Labute approximate surface area is 197 Å². The molecule has 1 amide bonds. The molecule has 3 atom stereocenters. The number of likely N-dealkylation sites (N-methyl/N-ethyl adjacent to an activating group) is 1. The van der Waals surface area contributed by atoms with Crippen molar-refractivity contribution in [1.29, 1.82) is 0 Å². The van der Waals surface area contributed by atoms with E-state index >= 15 is 0 Å². The van der Waals surface area contributed by atoms with Crippen LogP contribution in [0.2, 0.25) is 0 Å². The summed E-state index contributed by atoms with van der Waals surface area (Å²) in [5.41, 5.74) is 2.90. The minimum absolute atomic E-state index is 0. The topological polar surface area (TPSA) is 57.2 Å². The number of halogens is 1. The Morgan fingerprint density at radius 2 is 2.00 bits per heavy atom. The van der Waals surface area contributed by atoms with Crippen molar-refractivity contribution in [3.63, 3.8) is 0 Å². The van der Waals surface area contributed by atoms with E-state index in [1.807, 2.05) is 0 Å². The number of rotatable bonds is 4. The molecule has 2 aliphatic heterocycles. The average Bonchev–Trinajstić information content (AvgIpc) is 3.42. The third-order valence-electron chi connectivity index (χ3n) is 6.70. The quantitative estimate of drug-likeness (QED) is 0.373. The first-order chi connectivity index (χ1) is 14.1. The van der Waals surface area contributed by atoms with Gasteiger partial charge in [-0.2, -0.15) is 0 Å². The Balaban J connectivity index is 0.00000256. The molecule has 3 unspecified atom stereocenters. The van der Waals surface area contributed by atoms with Crippen molar-refractivity contribution < 1.29 is 9.53 Å². The first-order valence-corrected chi connectivity index (χ1v) is 11.0. The number of benzene rings is 1. The Bertz CT molecular complexity index is 748. The SMILES string of the molecule is CN(C)C(=O)CN=C(NC1CCc2ccccc2C1)N1CCC(C2CCOC2)C1.I. The summed E-state index contributed by atoms with van der Waals surface area (Å²) in [5, 5.41) is 3.72. The van der Waals surface area contributed by atoms with Gasteiger partial charge in [-0.05, 0) is 55.1 Å². The van der Waals surface area contributed by atoms with Gasteiger partial charge in [0, 0.05) is 46.4 Å². The highest BCUT2D eigenvalue weighted by Crippen LogP contribution is 2.30. The van der Waals surface area contributed by atoms with Gasteiger partial charge in [0.1, 0.15) is 6.54 Å². The fraction of sp³-hybridized carbons (Fsp3) is 0.652. The molecule has 2 heterocycles. The second kappa shape index (κ2) is 10.8. The summed E-state index contributed by atoms with van der Waals surface area (Å²) in [5.74, 6) is 2.29. The monoisotopic (exact) mass is 526 g/mol. The number of hydrogen-bond acceptors (Lipinski definition) is 3. The molecule has 0 bridgehead atoms. The molecule has 2 saturated heterocycles.